The Bertz CT molecular complexity index is 680. The molecule has 3 aromatic heterocycles. The molecule has 0 fully saturated rings. The quantitative estimate of drug-likeness (QED) is 0.652. The molecule has 0 aliphatic rings. The molecule has 3 aromatic rings. The zero-order valence-electron chi connectivity index (χ0n) is 11.3. The first kappa shape index (κ1) is 13.0. The van der Waals surface area contributed by atoms with E-state index in [4.69, 9.17) is 0 Å². The van der Waals surface area contributed by atoms with Gasteiger partial charge in [0.15, 0.2) is 5.82 Å². The summed E-state index contributed by atoms with van der Waals surface area (Å²) in [4.78, 5) is 20.7. The Kier molecular flexibility index (Phi) is 3.67. The monoisotopic (exact) mass is 287 g/mol. The SMILES string of the molecule is CNc1nc(NCCc2ncon2)nc(-n2ccnc2)n1. The van der Waals surface area contributed by atoms with E-state index in [1.165, 1.54) is 6.39 Å². The fourth-order valence-electron chi connectivity index (χ4n) is 1.64. The Morgan fingerprint density at radius 1 is 1.24 bits per heavy atom. The van der Waals surface area contributed by atoms with Crippen molar-refractivity contribution in [2.24, 2.45) is 0 Å². The second-order valence-electron chi connectivity index (χ2n) is 4.03. The van der Waals surface area contributed by atoms with Gasteiger partial charge in [-0.3, -0.25) is 4.57 Å². The minimum atomic E-state index is 0.460. The summed E-state index contributed by atoms with van der Waals surface area (Å²) in [5.41, 5.74) is 0. The van der Waals surface area contributed by atoms with Crippen LogP contribution in [0.5, 0.6) is 0 Å². The lowest BCUT2D eigenvalue weighted by atomic mass is 10.4. The number of hydrogen-bond acceptors (Lipinski definition) is 9. The lowest BCUT2D eigenvalue weighted by Gasteiger charge is -2.08. The highest BCUT2D eigenvalue weighted by molar-refractivity contribution is 5.37. The Hall–Kier alpha value is -3.04. The van der Waals surface area contributed by atoms with Crippen molar-refractivity contribution in [1.82, 2.24) is 34.6 Å². The Balaban J connectivity index is 1.73. The fraction of sp³-hybridized carbons (Fsp3) is 0.273. The first-order valence-electron chi connectivity index (χ1n) is 6.26. The largest absolute Gasteiger partial charge is 0.357 e. The fourth-order valence-corrected chi connectivity index (χ4v) is 1.64. The van der Waals surface area contributed by atoms with Crippen molar-refractivity contribution in [3.63, 3.8) is 0 Å². The van der Waals surface area contributed by atoms with Crippen LogP contribution in [0.3, 0.4) is 0 Å². The van der Waals surface area contributed by atoms with Crippen molar-refractivity contribution < 1.29 is 4.52 Å². The molecule has 0 amide bonds. The van der Waals surface area contributed by atoms with Gasteiger partial charge in [0.05, 0.1) is 0 Å². The molecule has 0 unspecified atom stereocenters. The number of aromatic nitrogens is 7. The summed E-state index contributed by atoms with van der Waals surface area (Å²) in [6.07, 6.45) is 6.95. The van der Waals surface area contributed by atoms with Gasteiger partial charge in [0.25, 0.3) is 0 Å². The topological polar surface area (TPSA) is 119 Å². The average Bonchev–Trinajstić information content (AvgIpc) is 3.20. The highest BCUT2D eigenvalue weighted by Crippen LogP contribution is 2.08. The molecule has 0 radical (unpaired) electrons. The first-order chi connectivity index (χ1) is 10.3. The van der Waals surface area contributed by atoms with Crippen LogP contribution in [0.25, 0.3) is 5.95 Å². The molecule has 10 heteroatoms. The van der Waals surface area contributed by atoms with Crippen molar-refractivity contribution in [2.45, 2.75) is 6.42 Å². The molecular formula is C11H13N9O. The van der Waals surface area contributed by atoms with Crippen molar-refractivity contribution >= 4 is 11.9 Å². The molecule has 0 aliphatic heterocycles. The molecule has 108 valence electrons. The molecule has 0 aromatic carbocycles. The molecule has 0 atom stereocenters. The summed E-state index contributed by atoms with van der Waals surface area (Å²) in [7, 11) is 1.75. The van der Waals surface area contributed by atoms with E-state index in [2.05, 4.69) is 45.2 Å². The van der Waals surface area contributed by atoms with E-state index >= 15 is 0 Å². The van der Waals surface area contributed by atoms with Crippen LogP contribution in [0.4, 0.5) is 11.9 Å². The number of nitrogens with zero attached hydrogens (tertiary/aromatic N) is 7. The van der Waals surface area contributed by atoms with Gasteiger partial charge in [-0.2, -0.15) is 19.9 Å². The first-order valence-corrected chi connectivity index (χ1v) is 6.26. The molecular weight excluding hydrogens is 274 g/mol. The van der Waals surface area contributed by atoms with Crippen LogP contribution in [0.1, 0.15) is 5.82 Å². The number of anilines is 2. The van der Waals surface area contributed by atoms with E-state index in [1.807, 2.05) is 0 Å². The maximum Gasteiger partial charge on any atom is 0.241 e. The third-order valence-electron chi connectivity index (χ3n) is 2.62. The molecule has 0 saturated heterocycles. The van der Waals surface area contributed by atoms with Crippen LogP contribution in [0, 0.1) is 0 Å². The molecule has 2 N–H and O–H groups in total. The summed E-state index contributed by atoms with van der Waals surface area (Å²) < 4.78 is 6.37. The Labute approximate surface area is 119 Å². The molecule has 0 spiro atoms. The smallest absolute Gasteiger partial charge is 0.241 e. The van der Waals surface area contributed by atoms with Crippen LogP contribution in [0.15, 0.2) is 29.6 Å². The molecule has 0 aliphatic carbocycles. The predicted octanol–water partition coefficient (Wildman–Crippen LogP) is 0.137. The van der Waals surface area contributed by atoms with E-state index in [0.29, 0.717) is 36.6 Å². The molecule has 3 rings (SSSR count). The van der Waals surface area contributed by atoms with E-state index in [-0.39, 0.29) is 0 Å². The summed E-state index contributed by atoms with van der Waals surface area (Å²) in [5.74, 6) is 2.03. The predicted molar refractivity (Wildman–Crippen MR) is 73.0 cm³/mol. The summed E-state index contributed by atoms with van der Waals surface area (Å²) >= 11 is 0. The van der Waals surface area contributed by atoms with Crippen molar-refractivity contribution in [2.75, 3.05) is 24.2 Å². The summed E-state index contributed by atoms with van der Waals surface area (Å²) in [5, 5.41) is 9.74. The van der Waals surface area contributed by atoms with E-state index in [0.717, 1.165) is 0 Å². The van der Waals surface area contributed by atoms with Gasteiger partial charge < -0.3 is 15.2 Å². The Morgan fingerprint density at radius 2 is 2.14 bits per heavy atom. The molecule has 0 bridgehead atoms. The van der Waals surface area contributed by atoms with Crippen molar-refractivity contribution in [3.05, 3.63) is 30.9 Å². The van der Waals surface area contributed by atoms with Crippen molar-refractivity contribution in [3.8, 4) is 5.95 Å². The van der Waals surface area contributed by atoms with Gasteiger partial charge in [-0.1, -0.05) is 5.16 Å². The van der Waals surface area contributed by atoms with Gasteiger partial charge in [0.1, 0.15) is 6.33 Å². The van der Waals surface area contributed by atoms with Gasteiger partial charge in [-0.25, -0.2) is 4.98 Å². The van der Waals surface area contributed by atoms with E-state index in [1.54, 1.807) is 30.3 Å². The standard InChI is InChI=1S/C11H13N9O/c1-12-9-16-10(14-3-2-8-15-7-21-19-8)18-11(17-9)20-5-4-13-6-20/h4-7H,2-3H2,1H3,(H2,12,14,16,17,18). The average molecular weight is 287 g/mol. The number of imidazole rings is 1. The van der Waals surface area contributed by atoms with Crippen LogP contribution in [-0.2, 0) is 6.42 Å². The maximum atomic E-state index is 4.67. The van der Waals surface area contributed by atoms with Crippen LogP contribution >= 0.6 is 0 Å². The summed E-state index contributed by atoms with van der Waals surface area (Å²) in [6.45, 7) is 0.579. The highest BCUT2D eigenvalue weighted by atomic mass is 16.5. The lowest BCUT2D eigenvalue weighted by Crippen LogP contribution is -2.13. The minimum Gasteiger partial charge on any atom is -0.357 e. The van der Waals surface area contributed by atoms with Gasteiger partial charge >= 0.3 is 0 Å². The second-order valence-corrected chi connectivity index (χ2v) is 4.03. The van der Waals surface area contributed by atoms with E-state index < -0.39 is 0 Å². The van der Waals surface area contributed by atoms with Gasteiger partial charge in [0.2, 0.25) is 24.2 Å². The third kappa shape index (κ3) is 3.11. The van der Waals surface area contributed by atoms with Crippen LogP contribution in [-0.4, -0.2) is 48.2 Å². The zero-order chi connectivity index (χ0) is 14.5. The maximum absolute atomic E-state index is 4.67. The molecule has 0 saturated carbocycles. The Morgan fingerprint density at radius 3 is 2.86 bits per heavy atom. The van der Waals surface area contributed by atoms with Gasteiger partial charge in [0, 0.05) is 32.4 Å². The zero-order valence-corrected chi connectivity index (χ0v) is 11.3. The van der Waals surface area contributed by atoms with Gasteiger partial charge in [-0.05, 0) is 0 Å². The third-order valence-corrected chi connectivity index (χ3v) is 2.62. The highest BCUT2D eigenvalue weighted by Gasteiger charge is 2.07. The molecule has 21 heavy (non-hydrogen) atoms. The summed E-state index contributed by atoms with van der Waals surface area (Å²) in [6, 6.07) is 0. The second kappa shape index (κ2) is 5.94. The number of nitrogens with one attached hydrogen (secondary N) is 2. The number of hydrogen-bond donors (Lipinski definition) is 2. The molecule has 3 heterocycles. The number of rotatable bonds is 6. The normalized spacial score (nSPS) is 10.5. The van der Waals surface area contributed by atoms with Crippen LogP contribution < -0.4 is 10.6 Å². The minimum absolute atomic E-state index is 0.460. The lowest BCUT2D eigenvalue weighted by molar-refractivity contribution is 0.410. The van der Waals surface area contributed by atoms with E-state index in [9.17, 15) is 0 Å². The van der Waals surface area contributed by atoms with Crippen LogP contribution in [0.2, 0.25) is 0 Å². The van der Waals surface area contributed by atoms with Crippen molar-refractivity contribution in [1.29, 1.82) is 0 Å². The molecule has 10 nitrogen and oxygen atoms in total. The van der Waals surface area contributed by atoms with Gasteiger partial charge in [-0.15, -0.1) is 0 Å².